The van der Waals surface area contributed by atoms with E-state index in [1.165, 1.54) is 11.3 Å². The Morgan fingerprint density at radius 2 is 2.14 bits per heavy atom. The fraction of sp³-hybridized carbons (Fsp3) is 0.333. The van der Waals surface area contributed by atoms with Gasteiger partial charge in [0.05, 0.1) is 20.2 Å². The molecule has 1 aromatic heterocycles. The zero-order valence-electron chi connectivity index (χ0n) is 12.1. The standard InChI is InChI=1S/C15H16N2O4S/c1-19-12-4-2-3-5-13(12)20-10-14(18)17-8-11(9-17)21-15-16-6-7-22-15/h2-7,11H,8-10H2,1H3. The molecule has 0 atom stereocenters. The number of carbonyl (C=O) groups excluding carboxylic acids is 1. The van der Waals surface area contributed by atoms with Crippen LogP contribution in [-0.4, -0.2) is 48.7 Å². The lowest BCUT2D eigenvalue weighted by molar-refractivity contribution is -0.142. The summed E-state index contributed by atoms with van der Waals surface area (Å²) in [6.45, 7) is 1.12. The number of amides is 1. The Labute approximate surface area is 132 Å². The average Bonchev–Trinajstić information content (AvgIpc) is 3.01. The third-order valence-corrected chi connectivity index (χ3v) is 3.96. The Morgan fingerprint density at radius 3 is 2.82 bits per heavy atom. The molecule has 2 aromatic rings. The lowest BCUT2D eigenvalue weighted by Gasteiger charge is -2.38. The normalized spacial score (nSPS) is 14.3. The number of aromatic nitrogens is 1. The van der Waals surface area contributed by atoms with Crippen molar-refractivity contribution < 1.29 is 19.0 Å². The predicted molar refractivity (Wildman–Crippen MR) is 81.6 cm³/mol. The molecule has 1 aliphatic heterocycles. The molecular weight excluding hydrogens is 304 g/mol. The van der Waals surface area contributed by atoms with E-state index in [9.17, 15) is 4.79 Å². The van der Waals surface area contributed by atoms with E-state index >= 15 is 0 Å². The number of thiazole rings is 1. The van der Waals surface area contributed by atoms with Crippen LogP contribution in [0.5, 0.6) is 16.7 Å². The molecule has 1 aromatic carbocycles. The fourth-order valence-electron chi connectivity index (χ4n) is 2.10. The van der Waals surface area contributed by atoms with Crippen molar-refractivity contribution in [1.82, 2.24) is 9.88 Å². The van der Waals surface area contributed by atoms with Crippen LogP contribution in [0.15, 0.2) is 35.8 Å². The fourth-order valence-corrected chi connectivity index (χ4v) is 2.65. The van der Waals surface area contributed by atoms with Crippen LogP contribution in [0.3, 0.4) is 0 Å². The summed E-state index contributed by atoms with van der Waals surface area (Å²) in [6, 6.07) is 7.26. The summed E-state index contributed by atoms with van der Waals surface area (Å²) in [5, 5.41) is 2.50. The summed E-state index contributed by atoms with van der Waals surface area (Å²) in [5.74, 6) is 1.11. The monoisotopic (exact) mass is 320 g/mol. The highest BCUT2D eigenvalue weighted by Crippen LogP contribution is 2.26. The summed E-state index contributed by atoms with van der Waals surface area (Å²) >= 11 is 1.45. The molecular formula is C15H16N2O4S. The lowest BCUT2D eigenvalue weighted by atomic mass is 10.1. The van der Waals surface area contributed by atoms with Gasteiger partial charge in [0.1, 0.15) is 6.10 Å². The topological polar surface area (TPSA) is 60.9 Å². The molecule has 3 rings (SSSR count). The Kier molecular flexibility index (Phi) is 4.43. The number of rotatable bonds is 6. The van der Waals surface area contributed by atoms with Gasteiger partial charge in [-0.25, -0.2) is 4.98 Å². The minimum Gasteiger partial charge on any atom is -0.493 e. The molecule has 7 heteroatoms. The number of hydrogen-bond acceptors (Lipinski definition) is 6. The summed E-state index contributed by atoms with van der Waals surface area (Å²) in [4.78, 5) is 17.8. The summed E-state index contributed by atoms with van der Waals surface area (Å²) in [7, 11) is 1.57. The van der Waals surface area contributed by atoms with Crippen molar-refractivity contribution in [2.75, 3.05) is 26.8 Å². The molecule has 0 radical (unpaired) electrons. The second-order valence-electron chi connectivity index (χ2n) is 4.78. The van der Waals surface area contributed by atoms with Gasteiger partial charge < -0.3 is 19.1 Å². The van der Waals surface area contributed by atoms with Gasteiger partial charge in [0.25, 0.3) is 11.1 Å². The number of para-hydroxylation sites is 2. The quantitative estimate of drug-likeness (QED) is 0.812. The van der Waals surface area contributed by atoms with Crippen LogP contribution >= 0.6 is 11.3 Å². The molecule has 1 aliphatic rings. The van der Waals surface area contributed by atoms with E-state index in [4.69, 9.17) is 14.2 Å². The van der Waals surface area contributed by atoms with E-state index < -0.39 is 0 Å². The maximum Gasteiger partial charge on any atom is 0.273 e. The Morgan fingerprint density at radius 1 is 1.36 bits per heavy atom. The Bertz CT molecular complexity index is 626. The van der Waals surface area contributed by atoms with Crippen LogP contribution in [0.25, 0.3) is 0 Å². The highest BCUT2D eigenvalue weighted by Gasteiger charge is 2.32. The number of hydrogen-bond donors (Lipinski definition) is 0. The first-order valence-corrected chi connectivity index (χ1v) is 7.74. The third-order valence-electron chi connectivity index (χ3n) is 3.30. The van der Waals surface area contributed by atoms with E-state index in [-0.39, 0.29) is 18.6 Å². The Hall–Kier alpha value is -2.28. The first-order chi connectivity index (χ1) is 10.8. The summed E-state index contributed by atoms with van der Waals surface area (Å²) in [5.41, 5.74) is 0. The van der Waals surface area contributed by atoms with Crippen molar-refractivity contribution in [3.63, 3.8) is 0 Å². The summed E-state index contributed by atoms with van der Waals surface area (Å²) in [6.07, 6.45) is 1.71. The van der Waals surface area contributed by atoms with Crippen LogP contribution < -0.4 is 14.2 Å². The molecule has 116 valence electrons. The van der Waals surface area contributed by atoms with Crippen LogP contribution in [0.1, 0.15) is 0 Å². The molecule has 0 unspecified atom stereocenters. The van der Waals surface area contributed by atoms with Gasteiger partial charge in [-0.1, -0.05) is 23.5 Å². The molecule has 22 heavy (non-hydrogen) atoms. The van der Waals surface area contributed by atoms with Crippen LogP contribution in [0.2, 0.25) is 0 Å². The third kappa shape index (κ3) is 3.30. The minimum absolute atomic E-state index is 0.00958. The lowest BCUT2D eigenvalue weighted by Crippen LogP contribution is -2.57. The SMILES string of the molecule is COc1ccccc1OCC(=O)N1CC(Oc2nccs2)C1. The number of carbonyl (C=O) groups is 1. The van der Waals surface area contributed by atoms with Crippen molar-refractivity contribution in [1.29, 1.82) is 0 Å². The van der Waals surface area contributed by atoms with E-state index in [1.54, 1.807) is 30.3 Å². The van der Waals surface area contributed by atoms with Gasteiger partial charge in [-0.05, 0) is 12.1 Å². The van der Waals surface area contributed by atoms with Gasteiger partial charge in [0.15, 0.2) is 18.1 Å². The molecule has 0 aliphatic carbocycles. The van der Waals surface area contributed by atoms with Crippen molar-refractivity contribution in [3.05, 3.63) is 35.8 Å². The van der Waals surface area contributed by atoms with Gasteiger partial charge in [-0.3, -0.25) is 4.79 Å². The molecule has 0 bridgehead atoms. The number of ether oxygens (including phenoxy) is 3. The highest BCUT2D eigenvalue weighted by atomic mass is 32.1. The van der Waals surface area contributed by atoms with E-state index in [0.717, 1.165) is 0 Å². The molecule has 0 saturated carbocycles. The van der Waals surface area contributed by atoms with Crippen LogP contribution in [-0.2, 0) is 4.79 Å². The van der Waals surface area contributed by atoms with Crippen molar-refractivity contribution >= 4 is 17.2 Å². The van der Waals surface area contributed by atoms with E-state index in [2.05, 4.69) is 4.98 Å². The largest absolute Gasteiger partial charge is 0.493 e. The number of nitrogens with zero attached hydrogens (tertiary/aromatic N) is 2. The summed E-state index contributed by atoms with van der Waals surface area (Å²) < 4.78 is 16.3. The average molecular weight is 320 g/mol. The zero-order chi connectivity index (χ0) is 15.4. The highest BCUT2D eigenvalue weighted by molar-refractivity contribution is 7.11. The molecule has 1 amide bonds. The second-order valence-corrected chi connectivity index (χ2v) is 5.63. The minimum atomic E-state index is -0.0649. The molecule has 0 spiro atoms. The van der Waals surface area contributed by atoms with Gasteiger partial charge >= 0.3 is 0 Å². The number of benzene rings is 1. The molecule has 1 saturated heterocycles. The molecule has 2 heterocycles. The van der Waals surface area contributed by atoms with Crippen molar-refractivity contribution in [2.45, 2.75) is 6.10 Å². The smallest absolute Gasteiger partial charge is 0.273 e. The van der Waals surface area contributed by atoms with Crippen LogP contribution in [0, 0.1) is 0 Å². The maximum absolute atomic E-state index is 12.0. The zero-order valence-corrected chi connectivity index (χ0v) is 12.9. The van der Waals surface area contributed by atoms with E-state index in [1.807, 2.05) is 17.5 Å². The predicted octanol–water partition coefficient (Wildman–Crippen LogP) is 1.82. The Balaban J connectivity index is 1.44. The second kappa shape index (κ2) is 6.65. The first-order valence-electron chi connectivity index (χ1n) is 6.86. The van der Waals surface area contributed by atoms with Gasteiger partial charge in [0.2, 0.25) is 0 Å². The van der Waals surface area contributed by atoms with Crippen molar-refractivity contribution in [2.24, 2.45) is 0 Å². The first kappa shape index (κ1) is 14.6. The maximum atomic E-state index is 12.0. The van der Waals surface area contributed by atoms with Gasteiger partial charge in [0, 0.05) is 11.6 Å². The molecule has 1 fully saturated rings. The molecule has 0 N–H and O–H groups in total. The molecule has 6 nitrogen and oxygen atoms in total. The van der Waals surface area contributed by atoms with E-state index in [0.29, 0.717) is 29.8 Å². The van der Waals surface area contributed by atoms with Gasteiger partial charge in [-0.2, -0.15) is 0 Å². The van der Waals surface area contributed by atoms with Crippen LogP contribution in [0.4, 0.5) is 0 Å². The van der Waals surface area contributed by atoms with Gasteiger partial charge in [-0.15, -0.1) is 0 Å². The van der Waals surface area contributed by atoms with Crippen molar-refractivity contribution in [3.8, 4) is 16.7 Å². The number of methoxy groups -OCH3 is 1. The number of likely N-dealkylation sites (tertiary alicyclic amines) is 1.